The Bertz CT molecular complexity index is 343. The van der Waals surface area contributed by atoms with Crippen molar-refractivity contribution in [1.29, 1.82) is 0 Å². The number of Topliss-reactive ketones (excluding diaryl/α,β-unsaturated/α-hetero) is 1. The third-order valence-electron chi connectivity index (χ3n) is 5.25. The summed E-state index contributed by atoms with van der Waals surface area (Å²) in [6.45, 7) is 5.27. The second-order valence-electron chi connectivity index (χ2n) is 6.35. The summed E-state index contributed by atoms with van der Waals surface area (Å²) in [5.41, 5.74) is -0.408. The molecule has 3 unspecified atom stereocenters. The monoisotopic (exact) mass is 267 g/mol. The van der Waals surface area contributed by atoms with Crippen molar-refractivity contribution in [3.8, 4) is 0 Å². The standard InChI is InChI=1S/C15H25NO3/c1-2-15(5-3-7-16-15)13(17)12-4-8-19-14(10-12)6-9-18-11-14/h12,16H,2-11H2,1H3. The maximum absolute atomic E-state index is 12.9. The molecule has 3 rings (SSSR count). The number of nitrogens with one attached hydrogen (secondary N) is 1. The Morgan fingerprint density at radius 3 is 2.89 bits per heavy atom. The SMILES string of the molecule is CCC1(C(=O)C2CCOC3(CCOC3)C2)CCCN1. The average molecular weight is 267 g/mol. The van der Waals surface area contributed by atoms with E-state index in [-0.39, 0.29) is 17.1 Å². The van der Waals surface area contributed by atoms with E-state index in [1.165, 1.54) is 0 Å². The molecule has 0 amide bonds. The molecule has 0 radical (unpaired) electrons. The highest BCUT2D eigenvalue weighted by Gasteiger charge is 2.48. The van der Waals surface area contributed by atoms with Gasteiger partial charge in [0.2, 0.25) is 0 Å². The van der Waals surface area contributed by atoms with Gasteiger partial charge in [0.15, 0.2) is 5.78 Å². The summed E-state index contributed by atoms with van der Waals surface area (Å²) in [7, 11) is 0. The first-order valence-electron chi connectivity index (χ1n) is 7.71. The van der Waals surface area contributed by atoms with E-state index < -0.39 is 0 Å². The van der Waals surface area contributed by atoms with Crippen LogP contribution in [0.4, 0.5) is 0 Å². The van der Waals surface area contributed by atoms with Crippen LogP contribution < -0.4 is 5.32 Å². The van der Waals surface area contributed by atoms with E-state index in [9.17, 15) is 4.79 Å². The Morgan fingerprint density at radius 2 is 2.26 bits per heavy atom. The van der Waals surface area contributed by atoms with Crippen molar-refractivity contribution in [2.45, 2.75) is 56.6 Å². The van der Waals surface area contributed by atoms with Gasteiger partial charge in [-0.15, -0.1) is 0 Å². The molecule has 0 aromatic heterocycles. The second-order valence-corrected chi connectivity index (χ2v) is 6.35. The molecule has 3 aliphatic rings. The number of carbonyl (C=O) groups is 1. The zero-order valence-electron chi connectivity index (χ0n) is 11.9. The highest BCUT2D eigenvalue weighted by Crippen LogP contribution is 2.39. The fourth-order valence-corrected chi connectivity index (χ4v) is 4.00. The van der Waals surface area contributed by atoms with Gasteiger partial charge in [0.1, 0.15) is 0 Å². The number of ketones is 1. The van der Waals surface area contributed by atoms with Crippen LogP contribution in [0.1, 0.15) is 45.4 Å². The topological polar surface area (TPSA) is 47.6 Å². The smallest absolute Gasteiger partial charge is 0.156 e. The van der Waals surface area contributed by atoms with Gasteiger partial charge in [-0.2, -0.15) is 0 Å². The van der Waals surface area contributed by atoms with Crippen molar-refractivity contribution in [1.82, 2.24) is 5.32 Å². The van der Waals surface area contributed by atoms with Crippen LogP contribution in [-0.4, -0.2) is 43.3 Å². The first-order valence-corrected chi connectivity index (χ1v) is 7.71. The summed E-state index contributed by atoms with van der Waals surface area (Å²) < 4.78 is 11.4. The number of hydrogen-bond acceptors (Lipinski definition) is 4. The van der Waals surface area contributed by atoms with Gasteiger partial charge in [0.05, 0.1) is 17.7 Å². The Kier molecular flexibility index (Phi) is 3.67. The van der Waals surface area contributed by atoms with Crippen molar-refractivity contribution >= 4 is 5.78 Å². The van der Waals surface area contributed by atoms with Gasteiger partial charge in [0.25, 0.3) is 0 Å². The number of carbonyl (C=O) groups excluding carboxylic acids is 1. The Labute approximate surface area is 115 Å². The van der Waals surface area contributed by atoms with Crippen molar-refractivity contribution in [3.63, 3.8) is 0 Å². The predicted octanol–water partition coefficient (Wildman–Crippen LogP) is 1.67. The first-order chi connectivity index (χ1) is 9.20. The molecule has 0 aliphatic carbocycles. The molecule has 0 aromatic rings. The molecule has 3 saturated heterocycles. The number of rotatable bonds is 3. The molecule has 1 N–H and O–H groups in total. The molecule has 3 heterocycles. The van der Waals surface area contributed by atoms with Crippen LogP contribution in [0, 0.1) is 5.92 Å². The van der Waals surface area contributed by atoms with Crippen LogP contribution in [0.5, 0.6) is 0 Å². The number of hydrogen-bond donors (Lipinski definition) is 1. The van der Waals surface area contributed by atoms with Crippen molar-refractivity contribution in [3.05, 3.63) is 0 Å². The van der Waals surface area contributed by atoms with Crippen LogP contribution >= 0.6 is 0 Å². The molecule has 3 fully saturated rings. The fourth-order valence-electron chi connectivity index (χ4n) is 4.00. The molecular weight excluding hydrogens is 242 g/mol. The number of ether oxygens (including phenoxy) is 2. The fraction of sp³-hybridized carbons (Fsp3) is 0.933. The van der Waals surface area contributed by atoms with E-state index in [0.29, 0.717) is 19.0 Å². The van der Waals surface area contributed by atoms with E-state index in [1.54, 1.807) is 0 Å². The molecule has 4 nitrogen and oxygen atoms in total. The summed E-state index contributed by atoms with van der Waals surface area (Å²) in [5, 5.41) is 3.47. The van der Waals surface area contributed by atoms with E-state index in [1.807, 2.05) is 0 Å². The third-order valence-corrected chi connectivity index (χ3v) is 5.25. The van der Waals surface area contributed by atoms with Gasteiger partial charge in [0, 0.05) is 25.6 Å². The minimum Gasteiger partial charge on any atom is -0.378 e. The van der Waals surface area contributed by atoms with Gasteiger partial charge in [-0.1, -0.05) is 6.92 Å². The minimum atomic E-state index is -0.247. The maximum atomic E-state index is 12.9. The summed E-state index contributed by atoms with van der Waals surface area (Å²) in [4.78, 5) is 12.9. The first kappa shape index (κ1) is 13.5. The normalized spacial score (nSPS) is 42.9. The molecule has 3 aliphatic heterocycles. The van der Waals surface area contributed by atoms with Gasteiger partial charge >= 0.3 is 0 Å². The molecule has 4 heteroatoms. The summed E-state index contributed by atoms with van der Waals surface area (Å²) in [6.07, 6.45) is 5.72. The zero-order valence-corrected chi connectivity index (χ0v) is 11.9. The van der Waals surface area contributed by atoms with Crippen LogP contribution in [-0.2, 0) is 14.3 Å². The molecule has 1 spiro atoms. The Balaban J connectivity index is 1.72. The van der Waals surface area contributed by atoms with E-state index in [4.69, 9.17) is 9.47 Å². The lowest BCUT2D eigenvalue weighted by Crippen LogP contribution is -2.53. The molecule has 0 saturated carbocycles. The van der Waals surface area contributed by atoms with Gasteiger partial charge in [-0.05, 0) is 38.6 Å². The lowest BCUT2D eigenvalue weighted by atomic mass is 9.75. The predicted molar refractivity (Wildman–Crippen MR) is 72.1 cm³/mol. The van der Waals surface area contributed by atoms with Crippen LogP contribution in [0.3, 0.4) is 0 Å². The van der Waals surface area contributed by atoms with Crippen LogP contribution in [0.2, 0.25) is 0 Å². The maximum Gasteiger partial charge on any atom is 0.156 e. The summed E-state index contributed by atoms with van der Waals surface area (Å²) in [6, 6.07) is 0. The molecule has 108 valence electrons. The second kappa shape index (κ2) is 5.15. The molecule has 3 atom stereocenters. The van der Waals surface area contributed by atoms with E-state index in [2.05, 4.69) is 12.2 Å². The Hall–Kier alpha value is -0.450. The average Bonchev–Trinajstić information content (AvgIpc) is 3.08. The van der Waals surface area contributed by atoms with Gasteiger partial charge in [-0.3, -0.25) is 4.79 Å². The quantitative estimate of drug-likeness (QED) is 0.845. The minimum absolute atomic E-state index is 0.154. The van der Waals surface area contributed by atoms with Crippen molar-refractivity contribution < 1.29 is 14.3 Å². The summed E-state index contributed by atoms with van der Waals surface area (Å²) in [5.74, 6) is 0.586. The van der Waals surface area contributed by atoms with E-state index >= 15 is 0 Å². The largest absolute Gasteiger partial charge is 0.378 e. The van der Waals surface area contributed by atoms with Crippen molar-refractivity contribution in [2.75, 3.05) is 26.4 Å². The highest BCUT2D eigenvalue weighted by molar-refractivity contribution is 5.91. The molecule has 0 aromatic carbocycles. The molecule has 19 heavy (non-hydrogen) atoms. The van der Waals surface area contributed by atoms with E-state index in [0.717, 1.165) is 51.7 Å². The highest BCUT2D eigenvalue weighted by atomic mass is 16.6. The summed E-state index contributed by atoms with van der Waals surface area (Å²) >= 11 is 0. The lowest BCUT2D eigenvalue weighted by Gasteiger charge is -2.39. The van der Waals surface area contributed by atoms with Gasteiger partial charge < -0.3 is 14.8 Å². The Morgan fingerprint density at radius 1 is 1.37 bits per heavy atom. The van der Waals surface area contributed by atoms with Crippen LogP contribution in [0.15, 0.2) is 0 Å². The van der Waals surface area contributed by atoms with Gasteiger partial charge in [-0.25, -0.2) is 0 Å². The van der Waals surface area contributed by atoms with Crippen LogP contribution in [0.25, 0.3) is 0 Å². The lowest BCUT2D eigenvalue weighted by molar-refractivity contribution is -0.142. The zero-order chi connectivity index (χ0) is 13.3. The molecule has 0 bridgehead atoms. The third kappa shape index (κ3) is 2.34. The molecular formula is C15H25NO3. The van der Waals surface area contributed by atoms with Crippen molar-refractivity contribution in [2.24, 2.45) is 5.92 Å².